The molecule has 0 unspecified atom stereocenters. The molecule has 0 radical (unpaired) electrons. The molecule has 0 spiro atoms. The van der Waals surface area contributed by atoms with Crippen molar-refractivity contribution in [3.8, 4) is 5.75 Å². The van der Waals surface area contributed by atoms with Crippen molar-refractivity contribution in [1.82, 2.24) is 15.2 Å². The average Bonchev–Trinajstić information content (AvgIpc) is 3.07. The van der Waals surface area contributed by atoms with Gasteiger partial charge in [0.05, 0.1) is 17.2 Å². The highest BCUT2D eigenvalue weighted by Crippen LogP contribution is 2.20. The molecule has 9 heteroatoms. The van der Waals surface area contributed by atoms with Crippen molar-refractivity contribution in [2.24, 2.45) is 0 Å². The summed E-state index contributed by atoms with van der Waals surface area (Å²) in [6.07, 6.45) is 0. The van der Waals surface area contributed by atoms with Gasteiger partial charge in [-0.05, 0) is 19.1 Å². The maximum Gasteiger partial charge on any atom is 0.342 e. The van der Waals surface area contributed by atoms with Gasteiger partial charge in [0, 0.05) is 19.5 Å². The van der Waals surface area contributed by atoms with E-state index in [0.717, 1.165) is 10.7 Å². The van der Waals surface area contributed by atoms with Gasteiger partial charge in [0.2, 0.25) is 5.91 Å². The molecule has 2 amide bonds. The lowest BCUT2D eigenvalue weighted by molar-refractivity contribution is -0.131. The van der Waals surface area contributed by atoms with E-state index in [2.05, 4.69) is 10.3 Å². The van der Waals surface area contributed by atoms with Crippen LogP contribution in [-0.2, 0) is 20.9 Å². The quantitative estimate of drug-likeness (QED) is 0.683. The van der Waals surface area contributed by atoms with Crippen molar-refractivity contribution in [1.29, 1.82) is 0 Å². The van der Waals surface area contributed by atoms with Crippen LogP contribution in [0.25, 0.3) is 0 Å². The van der Waals surface area contributed by atoms with Crippen molar-refractivity contribution in [3.05, 3.63) is 45.9 Å². The number of thiazole rings is 1. The van der Waals surface area contributed by atoms with Crippen LogP contribution in [0, 0.1) is 6.92 Å². The largest absolute Gasteiger partial charge is 0.486 e. The second-order valence-corrected chi connectivity index (χ2v) is 6.85. The molecule has 1 heterocycles. The van der Waals surface area contributed by atoms with Gasteiger partial charge in [0.1, 0.15) is 17.9 Å². The molecule has 0 aliphatic heterocycles. The summed E-state index contributed by atoms with van der Waals surface area (Å²) in [6, 6.07) is 6.60. The number of ether oxygens (including phenoxy) is 2. The highest BCUT2D eigenvalue weighted by molar-refractivity contribution is 7.09. The van der Waals surface area contributed by atoms with Gasteiger partial charge in [0.25, 0.3) is 5.91 Å². The molecule has 0 aliphatic rings. The highest BCUT2D eigenvalue weighted by atomic mass is 32.1. The summed E-state index contributed by atoms with van der Waals surface area (Å²) in [6.45, 7) is 1.48. The van der Waals surface area contributed by atoms with Gasteiger partial charge in [-0.2, -0.15) is 0 Å². The predicted octanol–water partition coefficient (Wildman–Crippen LogP) is 1.39. The number of benzene rings is 1. The van der Waals surface area contributed by atoms with Crippen molar-refractivity contribution >= 4 is 29.1 Å². The van der Waals surface area contributed by atoms with E-state index in [1.807, 2.05) is 12.3 Å². The summed E-state index contributed by atoms with van der Waals surface area (Å²) >= 11 is 1.52. The zero-order valence-electron chi connectivity index (χ0n) is 15.4. The third-order valence-electron chi connectivity index (χ3n) is 3.42. The molecule has 8 nitrogen and oxygen atoms in total. The summed E-state index contributed by atoms with van der Waals surface area (Å²) in [5.74, 6) is -1.16. The van der Waals surface area contributed by atoms with Gasteiger partial charge in [-0.15, -0.1) is 11.3 Å². The molecule has 0 atom stereocenters. The number of nitrogens with one attached hydrogen (secondary N) is 1. The monoisotopic (exact) mass is 391 g/mol. The van der Waals surface area contributed by atoms with Crippen LogP contribution in [0.5, 0.6) is 5.75 Å². The minimum atomic E-state index is -0.686. The van der Waals surface area contributed by atoms with Crippen LogP contribution >= 0.6 is 11.3 Å². The Morgan fingerprint density at radius 3 is 2.63 bits per heavy atom. The Labute approximate surface area is 161 Å². The number of aryl methyl sites for hydroxylation is 1. The normalized spacial score (nSPS) is 10.2. The molecule has 0 fully saturated rings. The molecule has 1 aromatic heterocycles. The van der Waals surface area contributed by atoms with Crippen LogP contribution in [0.2, 0.25) is 0 Å². The molecule has 1 N–H and O–H groups in total. The summed E-state index contributed by atoms with van der Waals surface area (Å²) in [7, 11) is 3.16. The number of hydrogen-bond donors (Lipinski definition) is 1. The standard InChI is InChI=1S/C18H21N3O5S/c1-12-20-13(11-27-12)9-25-15-7-5-4-6-14(15)18(24)26-10-16(22)19-8-17(23)21(2)3/h4-7,11H,8-10H2,1-3H3,(H,19,22). The zero-order chi connectivity index (χ0) is 19.8. The Kier molecular flexibility index (Phi) is 7.30. The maximum absolute atomic E-state index is 12.3. The third kappa shape index (κ3) is 6.37. The second-order valence-electron chi connectivity index (χ2n) is 5.78. The molecular weight excluding hydrogens is 370 g/mol. The highest BCUT2D eigenvalue weighted by Gasteiger charge is 2.16. The number of esters is 1. The third-order valence-corrected chi connectivity index (χ3v) is 4.24. The average molecular weight is 391 g/mol. The topological polar surface area (TPSA) is 97.8 Å². The Morgan fingerprint density at radius 2 is 1.96 bits per heavy atom. The molecule has 144 valence electrons. The number of aromatic nitrogens is 1. The van der Waals surface area contributed by atoms with Crippen LogP contribution in [0.15, 0.2) is 29.6 Å². The van der Waals surface area contributed by atoms with E-state index in [-0.39, 0.29) is 24.6 Å². The Balaban J connectivity index is 1.88. The van der Waals surface area contributed by atoms with Gasteiger partial charge < -0.3 is 19.7 Å². The first-order valence-corrected chi connectivity index (χ1v) is 9.01. The summed E-state index contributed by atoms with van der Waals surface area (Å²) in [5.41, 5.74) is 0.979. The fraction of sp³-hybridized carbons (Fsp3) is 0.333. The van der Waals surface area contributed by atoms with Crippen LogP contribution in [-0.4, -0.2) is 54.9 Å². The lowest BCUT2D eigenvalue weighted by atomic mass is 10.2. The van der Waals surface area contributed by atoms with E-state index in [0.29, 0.717) is 5.75 Å². The summed E-state index contributed by atoms with van der Waals surface area (Å²) in [4.78, 5) is 41.0. The number of para-hydroxylation sites is 1. The Hall–Kier alpha value is -2.94. The van der Waals surface area contributed by atoms with E-state index in [9.17, 15) is 14.4 Å². The van der Waals surface area contributed by atoms with Crippen molar-refractivity contribution in [2.45, 2.75) is 13.5 Å². The first-order chi connectivity index (χ1) is 12.9. The van der Waals surface area contributed by atoms with Gasteiger partial charge in [-0.1, -0.05) is 12.1 Å². The van der Waals surface area contributed by atoms with Crippen molar-refractivity contribution in [3.63, 3.8) is 0 Å². The van der Waals surface area contributed by atoms with Gasteiger partial charge in [-0.3, -0.25) is 9.59 Å². The smallest absolute Gasteiger partial charge is 0.342 e. The molecule has 0 saturated carbocycles. The van der Waals surface area contributed by atoms with Gasteiger partial charge in [0.15, 0.2) is 6.61 Å². The van der Waals surface area contributed by atoms with Crippen LogP contribution < -0.4 is 10.1 Å². The van der Waals surface area contributed by atoms with Crippen molar-refractivity contribution in [2.75, 3.05) is 27.2 Å². The molecule has 2 aromatic rings. The second kappa shape index (κ2) is 9.67. The number of amides is 2. The molecule has 0 aliphatic carbocycles. The maximum atomic E-state index is 12.3. The number of rotatable bonds is 8. The molecule has 2 rings (SSSR count). The van der Waals surface area contributed by atoms with E-state index in [4.69, 9.17) is 9.47 Å². The van der Waals surface area contributed by atoms with Crippen LogP contribution in [0.4, 0.5) is 0 Å². The summed E-state index contributed by atoms with van der Waals surface area (Å²) in [5, 5.41) is 5.20. The van der Waals surface area contributed by atoms with Gasteiger partial charge in [-0.25, -0.2) is 9.78 Å². The molecular formula is C18H21N3O5S. The van der Waals surface area contributed by atoms with E-state index >= 15 is 0 Å². The molecule has 0 saturated heterocycles. The van der Waals surface area contributed by atoms with E-state index < -0.39 is 18.5 Å². The van der Waals surface area contributed by atoms with Crippen molar-refractivity contribution < 1.29 is 23.9 Å². The van der Waals surface area contributed by atoms with E-state index in [1.165, 1.54) is 16.2 Å². The number of hydrogen-bond acceptors (Lipinski definition) is 7. The summed E-state index contributed by atoms with van der Waals surface area (Å²) < 4.78 is 10.7. The fourth-order valence-corrected chi connectivity index (χ4v) is 2.58. The minimum Gasteiger partial charge on any atom is -0.486 e. The molecule has 27 heavy (non-hydrogen) atoms. The molecule has 1 aromatic carbocycles. The molecule has 0 bridgehead atoms. The van der Waals surface area contributed by atoms with E-state index in [1.54, 1.807) is 38.4 Å². The Morgan fingerprint density at radius 1 is 1.22 bits per heavy atom. The number of likely N-dealkylation sites (N-methyl/N-ethyl adjacent to an activating group) is 1. The first-order valence-electron chi connectivity index (χ1n) is 8.13. The SMILES string of the molecule is Cc1nc(COc2ccccc2C(=O)OCC(=O)NCC(=O)N(C)C)cs1. The fourth-order valence-electron chi connectivity index (χ4n) is 1.98. The number of carbonyl (C=O) groups is 3. The number of carbonyl (C=O) groups excluding carboxylic acids is 3. The van der Waals surface area contributed by atoms with Gasteiger partial charge >= 0.3 is 5.97 Å². The lowest BCUT2D eigenvalue weighted by Gasteiger charge is -2.12. The number of nitrogens with zero attached hydrogens (tertiary/aromatic N) is 2. The first kappa shape index (κ1) is 20.4. The zero-order valence-corrected chi connectivity index (χ0v) is 16.2. The van der Waals surface area contributed by atoms with Crippen LogP contribution in [0.1, 0.15) is 21.1 Å². The lowest BCUT2D eigenvalue weighted by Crippen LogP contribution is -2.38. The Bertz CT molecular complexity index is 819. The van der Waals surface area contributed by atoms with Crippen LogP contribution in [0.3, 0.4) is 0 Å². The minimum absolute atomic E-state index is 0.157. The predicted molar refractivity (Wildman–Crippen MR) is 99.6 cm³/mol.